The summed E-state index contributed by atoms with van der Waals surface area (Å²) in [6.45, 7) is 4.49. The zero-order chi connectivity index (χ0) is 21.6. The molecule has 0 aliphatic rings. The quantitative estimate of drug-likeness (QED) is 0.263. The first-order chi connectivity index (χ1) is 15.2. The minimum Gasteiger partial charge on any atom is -0.493 e. The second-order valence-corrected chi connectivity index (χ2v) is 8.22. The van der Waals surface area contributed by atoms with Gasteiger partial charge in [0.15, 0.2) is 22.5 Å². The fourth-order valence-electron chi connectivity index (χ4n) is 3.09. The Hall–Kier alpha value is -3.17. The molecule has 0 amide bonds. The van der Waals surface area contributed by atoms with Crippen LogP contribution in [0.15, 0.2) is 65.9 Å². The lowest BCUT2D eigenvalue weighted by atomic mass is 10.2. The Kier molecular flexibility index (Phi) is 6.63. The molecule has 0 fully saturated rings. The van der Waals surface area contributed by atoms with Crippen molar-refractivity contribution in [2.75, 3.05) is 14.2 Å². The van der Waals surface area contributed by atoms with Crippen LogP contribution in [0.25, 0.3) is 22.0 Å². The van der Waals surface area contributed by atoms with Gasteiger partial charge in [0.25, 0.3) is 0 Å². The van der Waals surface area contributed by atoms with E-state index in [1.54, 1.807) is 49.7 Å². The molecule has 158 valence electrons. The van der Waals surface area contributed by atoms with Gasteiger partial charge in [-0.05, 0) is 24.3 Å². The summed E-state index contributed by atoms with van der Waals surface area (Å²) in [5.74, 6) is 2.84. The van der Waals surface area contributed by atoms with Crippen LogP contribution < -0.4 is 9.47 Å². The highest BCUT2D eigenvalue weighted by Crippen LogP contribution is 2.39. The predicted octanol–water partition coefficient (Wildman–Crippen LogP) is 4.96. The van der Waals surface area contributed by atoms with Crippen molar-refractivity contribution in [1.29, 1.82) is 0 Å². The maximum atomic E-state index is 5.55. The van der Waals surface area contributed by atoms with E-state index >= 15 is 0 Å². The first-order valence-corrected chi connectivity index (χ1v) is 11.3. The minimum absolute atomic E-state index is 0.621. The van der Waals surface area contributed by atoms with Crippen LogP contribution in [0.5, 0.6) is 11.5 Å². The highest BCUT2D eigenvalue weighted by Gasteiger charge is 2.17. The van der Waals surface area contributed by atoms with Crippen LogP contribution in [0, 0.1) is 0 Å². The summed E-state index contributed by atoms with van der Waals surface area (Å²) in [7, 11) is 3.27. The highest BCUT2D eigenvalue weighted by molar-refractivity contribution is 7.98. The first kappa shape index (κ1) is 21.1. The van der Waals surface area contributed by atoms with Gasteiger partial charge in [0.05, 0.1) is 25.5 Å². The van der Waals surface area contributed by atoms with Crippen molar-refractivity contribution >= 4 is 23.1 Å². The largest absolute Gasteiger partial charge is 0.493 e. The zero-order valence-electron chi connectivity index (χ0n) is 17.2. The Labute approximate surface area is 188 Å². The number of allylic oxidation sites excluding steroid dienone is 1. The van der Waals surface area contributed by atoms with E-state index in [2.05, 4.69) is 27.1 Å². The fraction of sp³-hybridized carbons (Fsp3) is 0.182. The molecule has 0 saturated carbocycles. The smallest absolute Gasteiger partial charge is 0.192 e. The molecule has 0 saturated heterocycles. The number of pyridine rings is 1. The van der Waals surface area contributed by atoms with Crippen LogP contribution in [0.1, 0.15) is 5.69 Å². The van der Waals surface area contributed by atoms with Crippen molar-refractivity contribution in [3.63, 3.8) is 0 Å². The van der Waals surface area contributed by atoms with Crippen LogP contribution in [0.4, 0.5) is 0 Å². The molecular formula is C22H21N5O2S2. The molecule has 31 heavy (non-hydrogen) atoms. The Morgan fingerprint density at radius 3 is 2.71 bits per heavy atom. The second-order valence-electron chi connectivity index (χ2n) is 6.42. The zero-order valence-corrected chi connectivity index (χ0v) is 18.8. The summed E-state index contributed by atoms with van der Waals surface area (Å²) in [5, 5.41) is 12.5. The number of thioether (sulfide) groups is 1. The summed E-state index contributed by atoms with van der Waals surface area (Å²) in [5.41, 5.74) is 2.85. The highest BCUT2D eigenvalue weighted by atomic mass is 32.2. The van der Waals surface area contributed by atoms with E-state index in [1.807, 2.05) is 41.0 Å². The Morgan fingerprint density at radius 2 is 1.97 bits per heavy atom. The Bertz CT molecular complexity index is 1170. The number of rotatable bonds is 9. The summed E-state index contributed by atoms with van der Waals surface area (Å²) < 4.78 is 13.0. The normalized spacial score (nSPS) is 10.8. The van der Waals surface area contributed by atoms with E-state index in [4.69, 9.17) is 14.5 Å². The molecule has 0 aliphatic carbocycles. The Balaban J connectivity index is 1.55. The average Bonchev–Trinajstić information content (AvgIpc) is 3.45. The van der Waals surface area contributed by atoms with Crippen molar-refractivity contribution in [1.82, 2.24) is 24.7 Å². The summed E-state index contributed by atoms with van der Waals surface area (Å²) >= 11 is 3.17. The van der Waals surface area contributed by atoms with Gasteiger partial charge in [-0.3, -0.25) is 9.55 Å². The van der Waals surface area contributed by atoms with Gasteiger partial charge in [0.2, 0.25) is 0 Å². The maximum Gasteiger partial charge on any atom is 0.192 e. The molecular weight excluding hydrogens is 430 g/mol. The molecule has 7 nitrogen and oxygen atoms in total. The monoisotopic (exact) mass is 451 g/mol. The van der Waals surface area contributed by atoms with Gasteiger partial charge in [0, 0.05) is 35.6 Å². The molecule has 3 aromatic heterocycles. The SMILES string of the molecule is C=CCn1c(SCc2csc(-c3cccc(OC)c3OC)n2)nnc1-c1ccncc1. The molecule has 0 aliphatic heterocycles. The standard InChI is InChI=1S/C22H21N5O2S2/c1-4-12-27-20(15-8-10-23-11-9-15)25-26-22(27)31-14-16-13-30-21(24-16)17-6-5-7-18(28-2)19(17)29-3/h4-11,13H,1,12,14H2,2-3H3. The third-order valence-electron chi connectivity index (χ3n) is 4.50. The number of ether oxygens (including phenoxy) is 2. The topological polar surface area (TPSA) is 75.0 Å². The number of hydrogen-bond donors (Lipinski definition) is 0. The Morgan fingerprint density at radius 1 is 1.13 bits per heavy atom. The first-order valence-electron chi connectivity index (χ1n) is 9.48. The van der Waals surface area contributed by atoms with Gasteiger partial charge in [-0.25, -0.2) is 4.98 Å². The molecule has 4 aromatic rings. The van der Waals surface area contributed by atoms with E-state index in [0.717, 1.165) is 32.8 Å². The average molecular weight is 452 g/mol. The fourth-order valence-corrected chi connectivity index (χ4v) is 4.88. The van der Waals surface area contributed by atoms with Gasteiger partial charge >= 0.3 is 0 Å². The van der Waals surface area contributed by atoms with Crippen LogP contribution >= 0.6 is 23.1 Å². The van der Waals surface area contributed by atoms with Crippen molar-refractivity contribution < 1.29 is 9.47 Å². The molecule has 3 heterocycles. The molecule has 0 atom stereocenters. The molecule has 1 aromatic carbocycles. The molecule has 4 rings (SSSR count). The van der Waals surface area contributed by atoms with Crippen LogP contribution in [-0.4, -0.2) is 39.0 Å². The van der Waals surface area contributed by atoms with Crippen molar-refractivity contribution in [3.05, 3.63) is 66.5 Å². The summed E-state index contributed by atoms with van der Waals surface area (Å²) in [6.07, 6.45) is 5.34. The van der Waals surface area contributed by atoms with Gasteiger partial charge in [0.1, 0.15) is 5.01 Å². The van der Waals surface area contributed by atoms with E-state index in [1.165, 1.54) is 0 Å². The number of hydrogen-bond acceptors (Lipinski definition) is 8. The molecule has 0 unspecified atom stereocenters. The lowest BCUT2D eigenvalue weighted by molar-refractivity contribution is 0.356. The van der Waals surface area contributed by atoms with Gasteiger partial charge in [-0.15, -0.1) is 28.1 Å². The number of para-hydroxylation sites is 1. The van der Waals surface area contributed by atoms with Gasteiger partial charge in [-0.2, -0.15) is 0 Å². The number of nitrogens with zero attached hydrogens (tertiary/aromatic N) is 5. The van der Waals surface area contributed by atoms with Crippen molar-refractivity contribution in [3.8, 4) is 33.5 Å². The second kappa shape index (κ2) is 9.76. The molecule has 9 heteroatoms. The maximum absolute atomic E-state index is 5.55. The number of benzene rings is 1. The molecule has 0 spiro atoms. The minimum atomic E-state index is 0.621. The van der Waals surface area contributed by atoms with E-state index in [9.17, 15) is 0 Å². The van der Waals surface area contributed by atoms with Crippen molar-refractivity contribution in [2.24, 2.45) is 0 Å². The van der Waals surface area contributed by atoms with Crippen LogP contribution in [0.2, 0.25) is 0 Å². The third kappa shape index (κ3) is 4.47. The molecule has 0 bridgehead atoms. The number of aromatic nitrogens is 5. The number of methoxy groups -OCH3 is 2. The van der Waals surface area contributed by atoms with E-state index < -0.39 is 0 Å². The van der Waals surface area contributed by atoms with E-state index in [0.29, 0.717) is 23.8 Å². The predicted molar refractivity (Wildman–Crippen MR) is 124 cm³/mol. The van der Waals surface area contributed by atoms with Crippen LogP contribution in [-0.2, 0) is 12.3 Å². The van der Waals surface area contributed by atoms with Gasteiger partial charge in [-0.1, -0.05) is 23.9 Å². The molecule has 0 N–H and O–H groups in total. The van der Waals surface area contributed by atoms with Crippen molar-refractivity contribution in [2.45, 2.75) is 17.5 Å². The number of thiazole rings is 1. The summed E-state index contributed by atoms with van der Waals surface area (Å²) in [4.78, 5) is 8.87. The van der Waals surface area contributed by atoms with Crippen LogP contribution in [0.3, 0.4) is 0 Å². The summed E-state index contributed by atoms with van der Waals surface area (Å²) in [6, 6.07) is 9.64. The van der Waals surface area contributed by atoms with Gasteiger partial charge < -0.3 is 9.47 Å². The lowest BCUT2D eigenvalue weighted by Crippen LogP contribution is -2.00. The van der Waals surface area contributed by atoms with E-state index in [-0.39, 0.29) is 0 Å². The third-order valence-corrected chi connectivity index (χ3v) is 6.43. The lowest BCUT2D eigenvalue weighted by Gasteiger charge is -2.10. The molecule has 0 radical (unpaired) electrons.